The number of rotatable bonds is 4. The Labute approximate surface area is 215 Å². The van der Waals surface area contributed by atoms with E-state index in [0.717, 1.165) is 58.7 Å². The van der Waals surface area contributed by atoms with Gasteiger partial charge in [0.2, 0.25) is 5.91 Å². The third kappa shape index (κ3) is 4.01. The molecule has 0 spiro atoms. The lowest BCUT2D eigenvalue weighted by molar-refractivity contribution is -0.127. The number of carbonyl (C=O) groups excluding carboxylic acids is 1. The van der Waals surface area contributed by atoms with E-state index < -0.39 is 0 Å². The molecule has 1 saturated carbocycles. The van der Waals surface area contributed by atoms with E-state index in [4.69, 9.17) is 10.5 Å². The van der Waals surface area contributed by atoms with Crippen molar-refractivity contribution >= 4 is 22.8 Å². The average molecular weight is 490 g/mol. The van der Waals surface area contributed by atoms with Crippen LogP contribution in [0.15, 0.2) is 73.6 Å². The second kappa shape index (κ2) is 8.82. The van der Waals surface area contributed by atoms with Crippen LogP contribution in [0.1, 0.15) is 18.5 Å². The highest BCUT2D eigenvalue weighted by atomic mass is 16.5. The summed E-state index contributed by atoms with van der Waals surface area (Å²) in [6, 6.07) is 17.6. The molecule has 0 bridgehead atoms. The first kappa shape index (κ1) is 22.9. The van der Waals surface area contributed by atoms with Crippen LogP contribution in [-0.2, 0) is 11.8 Å². The molecule has 1 aliphatic heterocycles. The van der Waals surface area contributed by atoms with Gasteiger partial charge in [0.25, 0.3) is 0 Å². The maximum atomic E-state index is 12.1. The number of carbonyl (C=O) groups is 1. The summed E-state index contributed by atoms with van der Waals surface area (Å²) >= 11 is 0. The van der Waals surface area contributed by atoms with Crippen LogP contribution in [-0.4, -0.2) is 38.4 Å². The number of para-hydroxylation sites is 1. The van der Waals surface area contributed by atoms with Gasteiger partial charge in [0.1, 0.15) is 35.0 Å². The Hall–Kier alpha value is -4.57. The summed E-state index contributed by atoms with van der Waals surface area (Å²) in [6.45, 7) is 5.07. The minimum absolute atomic E-state index is 0.00169. The topological polar surface area (TPSA) is 86.3 Å². The summed E-state index contributed by atoms with van der Waals surface area (Å²) < 4.78 is 7.97. The van der Waals surface area contributed by atoms with Crippen LogP contribution >= 0.6 is 0 Å². The second-order valence-corrected chi connectivity index (χ2v) is 9.73. The van der Waals surface area contributed by atoms with Crippen LogP contribution < -0.4 is 10.5 Å². The van der Waals surface area contributed by atoms with Crippen LogP contribution in [0.25, 0.3) is 22.2 Å². The lowest BCUT2D eigenvalue weighted by atomic mass is 9.95. The third-order valence-electron chi connectivity index (χ3n) is 7.54. The number of hydrogen-bond acceptors (Lipinski definition) is 5. The lowest BCUT2D eigenvalue weighted by Gasteiger charge is -2.28. The number of hydrogen-bond donors (Lipinski definition) is 1. The number of likely N-dealkylation sites (tertiary alicyclic amines) is 1. The van der Waals surface area contributed by atoms with Crippen molar-refractivity contribution in [3.63, 3.8) is 0 Å². The van der Waals surface area contributed by atoms with Gasteiger partial charge in [0, 0.05) is 31.1 Å². The minimum atomic E-state index is -0.0454. The number of nitrogen functional groups attached to an aromatic ring is 1. The number of aryl methyl sites for hydroxylation is 1. The van der Waals surface area contributed by atoms with Gasteiger partial charge < -0.3 is 19.9 Å². The van der Waals surface area contributed by atoms with Crippen molar-refractivity contribution < 1.29 is 9.53 Å². The molecule has 7 nitrogen and oxygen atoms in total. The van der Waals surface area contributed by atoms with Gasteiger partial charge in [0.05, 0.1) is 5.39 Å². The number of anilines is 1. The fourth-order valence-electron chi connectivity index (χ4n) is 5.36. The first-order valence-corrected chi connectivity index (χ1v) is 12.4. The molecule has 2 atom stereocenters. The Morgan fingerprint density at radius 2 is 1.92 bits per heavy atom. The summed E-state index contributed by atoms with van der Waals surface area (Å²) in [5.74, 6) is 9.43. The molecular formula is C30H27N5O2. The van der Waals surface area contributed by atoms with Gasteiger partial charge in [-0.1, -0.05) is 42.8 Å². The smallest absolute Gasteiger partial charge is 0.245 e. The predicted molar refractivity (Wildman–Crippen MR) is 144 cm³/mol. The Balaban J connectivity index is 1.37. The van der Waals surface area contributed by atoms with E-state index in [1.165, 1.54) is 12.4 Å². The highest BCUT2D eigenvalue weighted by Crippen LogP contribution is 2.57. The Bertz CT molecular complexity index is 1580. The van der Waals surface area contributed by atoms with Crippen LogP contribution in [0, 0.1) is 23.2 Å². The summed E-state index contributed by atoms with van der Waals surface area (Å²) in [5, 5.41) is 0.794. The number of benzene rings is 2. The molecule has 2 aromatic carbocycles. The molecule has 3 heterocycles. The molecule has 1 amide bonds. The van der Waals surface area contributed by atoms with Crippen molar-refractivity contribution in [1.82, 2.24) is 19.4 Å². The average Bonchev–Trinajstić information content (AvgIpc) is 3.58. The molecule has 1 aliphatic carbocycles. The van der Waals surface area contributed by atoms with Gasteiger partial charge in [-0.15, -0.1) is 0 Å². The molecule has 4 aromatic rings. The van der Waals surface area contributed by atoms with Gasteiger partial charge in [-0.2, -0.15) is 0 Å². The molecule has 6 rings (SSSR count). The van der Waals surface area contributed by atoms with E-state index in [1.807, 2.05) is 71.1 Å². The van der Waals surface area contributed by atoms with E-state index in [9.17, 15) is 4.79 Å². The van der Waals surface area contributed by atoms with Crippen LogP contribution in [0.3, 0.4) is 0 Å². The lowest BCUT2D eigenvalue weighted by Crippen LogP contribution is -2.38. The molecular weight excluding hydrogens is 462 g/mol. The van der Waals surface area contributed by atoms with E-state index in [-0.39, 0.29) is 11.3 Å². The van der Waals surface area contributed by atoms with Crippen molar-refractivity contribution in [3.8, 4) is 34.5 Å². The summed E-state index contributed by atoms with van der Waals surface area (Å²) in [5.41, 5.74) is 9.79. The summed E-state index contributed by atoms with van der Waals surface area (Å²) in [7, 11) is 1.96. The molecule has 0 radical (unpaired) electrons. The first-order valence-electron chi connectivity index (χ1n) is 12.4. The van der Waals surface area contributed by atoms with Gasteiger partial charge in [-0.25, -0.2) is 9.97 Å². The normalized spacial score (nSPS) is 20.0. The first-order chi connectivity index (χ1) is 18.0. The second-order valence-electron chi connectivity index (χ2n) is 9.73. The third-order valence-corrected chi connectivity index (χ3v) is 7.54. The Morgan fingerprint density at radius 3 is 2.65 bits per heavy atom. The SMILES string of the molecule is C=CC(=O)N1CCC2(C#Cc3c(-c4ccc(Oc5ccccc5)cc4)c4c(N)ncnc4n3C)CC2C1. The monoisotopic (exact) mass is 489 g/mol. The number of nitrogens with two attached hydrogens (primary N) is 1. The van der Waals surface area contributed by atoms with Gasteiger partial charge >= 0.3 is 0 Å². The number of ether oxygens (including phenoxy) is 1. The fourth-order valence-corrected chi connectivity index (χ4v) is 5.36. The highest BCUT2D eigenvalue weighted by Gasteiger charge is 2.56. The molecule has 2 aromatic heterocycles. The number of aromatic nitrogens is 3. The van der Waals surface area contributed by atoms with E-state index in [1.54, 1.807) is 0 Å². The van der Waals surface area contributed by atoms with Crippen molar-refractivity contribution in [3.05, 3.63) is 79.3 Å². The molecule has 37 heavy (non-hydrogen) atoms. The zero-order valence-electron chi connectivity index (χ0n) is 20.6. The number of nitrogens with zero attached hydrogens (tertiary/aromatic N) is 4. The molecule has 1 saturated heterocycles. The zero-order valence-corrected chi connectivity index (χ0v) is 20.6. The number of piperidine rings is 1. The Kier molecular flexibility index (Phi) is 5.45. The number of amides is 1. The largest absolute Gasteiger partial charge is 0.457 e. The van der Waals surface area contributed by atoms with Crippen LogP contribution in [0.2, 0.25) is 0 Å². The minimum Gasteiger partial charge on any atom is -0.457 e. The van der Waals surface area contributed by atoms with Gasteiger partial charge in [-0.05, 0) is 60.6 Å². The molecule has 184 valence electrons. The Morgan fingerprint density at radius 1 is 1.16 bits per heavy atom. The van der Waals surface area contributed by atoms with Crippen molar-refractivity contribution in [2.45, 2.75) is 12.8 Å². The highest BCUT2D eigenvalue weighted by molar-refractivity contribution is 6.03. The van der Waals surface area contributed by atoms with Crippen molar-refractivity contribution in [2.24, 2.45) is 18.4 Å². The van der Waals surface area contributed by atoms with E-state index >= 15 is 0 Å². The zero-order chi connectivity index (χ0) is 25.6. The number of fused-ring (bicyclic) bond motifs is 2. The van der Waals surface area contributed by atoms with Gasteiger partial charge in [-0.3, -0.25) is 4.79 Å². The van der Waals surface area contributed by atoms with Gasteiger partial charge in [0.15, 0.2) is 0 Å². The van der Waals surface area contributed by atoms with Crippen molar-refractivity contribution in [2.75, 3.05) is 18.8 Å². The molecule has 7 heteroatoms. The summed E-state index contributed by atoms with van der Waals surface area (Å²) in [4.78, 5) is 22.7. The van der Waals surface area contributed by atoms with E-state index in [2.05, 4.69) is 28.4 Å². The quantitative estimate of drug-likeness (QED) is 0.329. The van der Waals surface area contributed by atoms with Crippen molar-refractivity contribution in [1.29, 1.82) is 0 Å². The van der Waals surface area contributed by atoms with Crippen LogP contribution in [0.4, 0.5) is 5.82 Å². The predicted octanol–water partition coefficient (Wildman–Crippen LogP) is 4.79. The fraction of sp³-hybridized carbons (Fsp3) is 0.233. The molecule has 2 unspecified atom stereocenters. The van der Waals surface area contributed by atoms with Crippen LogP contribution in [0.5, 0.6) is 11.5 Å². The molecule has 2 aliphatic rings. The molecule has 2 fully saturated rings. The molecule has 2 N–H and O–H groups in total. The summed E-state index contributed by atoms with van der Waals surface area (Å²) in [6.07, 6.45) is 4.76. The maximum Gasteiger partial charge on any atom is 0.245 e. The standard InChI is InChI=1S/C30H27N5O2/c1-3-25(36)35-16-15-30(17-21(30)18-35)14-13-24-26(27-28(31)32-19-33-29(27)34(24)2)20-9-11-23(12-10-20)37-22-7-5-4-6-8-22/h3-12,19,21H,1,15-18H2,2H3,(H2,31,32,33). The maximum absolute atomic E-state index is 12.1. The van der Waals surface area contributed by atoms with E-state index in [0.29, 0.717) is 18.3 Å².